The zero-order valence-corrected chi connectivity index (χ0v) is 12.1. The third-order valence-electron chi connectivity index (χ3n) is 3.31. The Hall–Kier alpha value is -1.61. The number of nitrogens with one attached hydrogen (secondary N) is 2. The van der Waals surface area contributed by atoms with E-state index in [-0.39, 0.29) is 18.5 Å². The summed E-state index contributed by atoms with van der Waals surface area (Å²) >= 11 is 5.88. The summed E-state index contributed by atoms with van der Waals surface area (Å²) in [6.07, 6.45) is 0. The fourth-order valence-electron chi connectivity index (χ4n) is 2.20. The van der Waals surface area contributed by atoms with E-state index in [4.69, 9.17) is 16.9 Å². The van der Waals surface area contributed by atoms with E-state index in [0.717, 1.165) is 17.8 Å². The van der Waals surface area contributed by atoms with Gasteiger partial charge in [-0.2, -0.15) is 5.26 Å². The molecule has 1 aliphatic heterocycles. The highest BCUT2D eigenvalue weighted by Crippen LogP contribution is 2.19. The van der Waals surface area contributed by atoms with E-state index in [1.807, 2.05) is 11.8 Å². The summed E-state index contributed by atoms with van der Waals surface area (Å²) < 4.78 is 0. The lowest BCUT2D eigenvalue weighted by Crippen LogP contribution is -2.52. The Balaban J connectivity index is 1.96. The maximum atomic E-state index is 12.1. The van der Waals surface area contributed by atoms with E-state index in [1.165, 1.54) is 0 Å². The number of nitrogens with zero attached hydrogens (tertiary/aromatic N) is 2. The van der Waals surface area contributed by atoms with Gasteiger partial charge in [0, 0.05) is 30.3 Å². The molecule has 5 nitrogen and oxygen atoms in total. The van der Waals surface area contributed by atoms with Crippen molar-refractivity contribution in [3.8, 4) is 6.07 Å². The number of hydrogen-bond acceptors (Lipinski definition) is 4. The quantitative estimate of drug-likeness (QED) is 0.883. The minimum absolute atomic E-state index is 0.113. The van der Waals surface area contributed by atoms with Crippen molar-refractivity contribution >= 4 is 23.2 Å². The lowest BCUT2D eigenvalue weighted by atomic mass is 10.2. The summed E-state index contributed by atoms with van der Waals surface area (Å²) in [7, 11) is 0. The molecule has 1 aliphatic rings. The molecule has 0 bridgehead atoms. The molecule has 6 heteroatoms. The molecule has 1 fully saturated rings. The average Bonchev–Trinajstić information content (AvgIpc) is 2.42. The van der Waals surface area contributed by atoms with Gasteiger partial charge in [0.05, 0.1) is 12.6 Å². The molecule has 1 atom stereocenters. The maximum absolute atomic E-state index is 12.1. The van der Waals surface area contributed by atoms with Gasteiger partial charge < -0.3 is 10.6 Å². The number of anilines is 1. The molecule has 106 valence electrons. The van der Waals surface area contributed by atoms with Crippen LogP contribution >= 0.6 is 11.6 Å². The van der Waals surface area contributed by atoms with E-state index in [0.29, 0.717) is 18.1 Å². The highest BCUT2D eigenvalue weighted by Gasteiger charge is 2.23. The maximum Gasteiger partial charge on any atom is 0.238 e. The van der Waals surface area contributed by atoms with Crippen LogP contribution in [0, 0.1) is 18.3 Å². The highest BCUT2D eigenvalue weighted by atomic mass is 35.5. The van der Waals surface area contributed by atoms with Crippen LogP contribution in [0.1, 0.15) is 5.56 Å². The van der Waals surface area contributed by atoms with Crippen molar-refractivity contribution in [1.29, 1.82) is 5.26 Å². The number of carbonyl (C=O) groups is 1. The zero-order valence-electron chi connectivity index (χ0n) is 11.3. The molecule has 20 heavy (non-hydrogen) atoms. The number of halogens is 1. The fourth-order valence-corrected chi connectivity index (χ4v) is 2.43. The first-order valence-electron chi connectivity index (χ1n) is 6.50. The van der Waals surface area contributed by atoms with Gasteiger partial charge in [0.15, 0.2) is 0 Å². The second-order valence-electron chi connectivity index (χ2n) is 4.83. The van der Waals surface area contributed by atoms with Crippen LogP contribution in [0.15, 0.2) is 18.2 Å². The largest absolute Gasteiger partial charge is 0.325 e. The van der Waals surface area contributed by atoms with Gasteiger partial charge in [-0.1, -0.05) is 11.6 Å². The normalized spacial score (nSPS) is 19.4. The Kier molecular flexibility index (Phi) is 4.96. The Morgan fingerprint density at radius 1 is 1.65 bits per heavy atom. The molecule has 0 aliphatic carbocycles. The van der Waals surface area contributed by atoms with E-state index >= 15 is 0 Å². The summed E-state index contributed by atoms with van der Waals surface area (Å²) in [4.78, 5) is 13.9. The molecule has 2 N–H and O–H groups in total. The lowest BCUT2D eigenvalue weighted by Gasteiger charge is -2.31. The average molecular weight is 293 g/mol. The number of nitriles is 1. The first kappa shape index (κ1) is 14.8. The van der Waals surface area contributed by atoms with Gasteiger partial charge in [0.25, 0.3) is 0 Å². The number of amides is 1. The van der Waals surface area contributed by atoms with E-state index in [1.54, 1.807) is 18.2 Å². The van der Waals surface area contributed by atoms with Crippen LogP contribution < -0.4 is 10.6 Å². The lowest BCUT2D eigenvalue weighted by molar-refractivity contribution is -0.117. The van der Waals surface area contributed by atoms with Crippen molar-refractivity contribution in [2.45, 2.75) is 13.0 Å². The van der Waals surface area contributed by atoms with Gasteiger partial charge in [-0.3, -0.25) is 9.69 Å². The van der Waals surface area contributed by atoms with Gasteiger partial charge in [-0.25, -0.2) is 0 Å². The highest BCUT2D eigenvalue weighted by molar-refractivity contribution is 6.30. The molecule has 1 unspecified atom stereocenters. The van der Waals surface area contributed by atoms with Crippen LogP contribution in [-0.4, -0.2) is 43.0 Å². The predicted octanol–water partition coefficient (Wildman–Crippen LogP) is 1.38. The van der Waals surface area contributed by atoms with E-state index in [9.17, 15) is 4.79 Å². The molecule has 0 spiro atoms. The van der Waals surface area contributed by atoms with Crippen LogP contribution in [0.4, 0.5) is 5.69 Å². The van der Waals surface area contributed by atoms with Crippen LogP contribution in [0.25, 0.3) is 0 Å². The third-order valence-corrected chi connectivity index (χ3v) is 3.55. The SMILES string of the molecule is Cc1cc(Cl)ccc1NC(=O)CN1CCNCC1C#N. The minimum atomic E-state index is -0.249. The summed E-state index contributed by atoms with van der Waals surface area (Å²) in [5.41, 5.74) is 1.67. The number of rotatable bonds is 3. The number of carbonyl (C=O) groups excluding carboxylic acids is 1. The second-order valence-corrected chi connectivity index (χ2v) is 5.26. The Morgan fingerprint density at radius 3 is 3.15 bits per heavy atom. The fraction of sp³-hybridized carbons (Fsp3) is 0.429. The summed E-state index contributed by atoms with van der Waals surface area (Å²) in [6, 6.07) is 7.29. The summed E-state index contributed by atoms with van der Waals surface area (Å²) in [5.74, 6) is -0.113. The molecular weight excluding hydrogens is 276 g/mol. The predicted molar refractivity (Wildman–Crippen MR) is 78.7 cm³/mol. The standard InChI is InChI=1S/C14H17ClN4O/c1-10-6-11(15)2-3-13(10)18-14(20)9-19-5-4-17-8-12(19)7-16/h2-3,6,12,17H,4-5,8-9H2,1H3,(H,18,20). The Labute approximate surface area is 123 Å². The number of piperazine rings is 1. The number of aryl methyl sites for hydroxylation is 1. The van der Waals surface area contributed by atoms with Crippen LogP contribution in [0.3, 0.4) is 0 Å². The Morgan fingerprint density at radius 2 is 2.45 bits per heavy atom. The number of benzene rings is 1. The van der Waals surface area contributed by atoms with Gasteiger partial charge >= 0.3 is 0 Å². The monoisotopic (exact) mass is 292 g/mol. The molecule has 0 saturated carbocycles. The van der Waals surface area contributed by atoms with Crippen molar-refractivity contribution < 1.29 is 4.79 Å². The van der Waals surface area contributed by atoms with Gasteiger partial charge in [-0.05, 0) is 30.7 Å². The summed E-state index contributed by atoms with van der Waals surface area (Å²) in [5, 5.41) is 15.7. The molecule has 1 heterocycles. The molecule has 1 aromatic rings. The van der Waals surface area contributed by atoms with Gasteiger partial charge in [-0.15, -0.1) is 0 Å². The topological polar surface area (TPSA) is 68.2 Å². The van der Waals surface area contributed by atoms with E-state index in [2.05, 4.69) is 16.7 Å². The first-order chi connectivity index (χ1) is 9.60. The summed E-state index contributed by atoms with van der Waals surface area (Å²) in [6.45, 7) is 4.22. The molecular formula is C14H17ClN4O. The van der Waals surface area contributed by atoms with E-state index < -0.39 is 0 Å². The van der Waals surface area contributed by atoms with Crippen LogP contribution in [0.2, 0.25) is 5.02 Å². The molecule has 2 rings (SSSR count). The zero-order chi connectivity index (χ0) is 14.5. The minimum Gasteiger partial charge on any atom is -0.325 e. The molecule has 1 amide bonds. The van der Waals surface area contributed by atoms with Gasteiger partial charge in [0.2, 0.25) is 5.91 Å². The molecule has 1 aromatic carbocycles. The molecule has 1 saturated heterocycles. The smallest absolute Gasteiger partial charge is 0.238 e. The van der Waals surface area contributed by atoms with Gasteiger partial charge in [0.1, 0.15) is 6.04 Å². The van der Waals surface area contributed by atoms with Crippen LogP contribution in [0.5, 0.6) is 0 Å². The van der Waals surface area contributed by atoms with Crippen molar-refractivity contribution in [2.24, 2.45) is 0 Å². The second kappa shape index (κ2) is 6.71. The van der Waals surface area contributed by atoms with Crippen molar-refractivity contribution in [2.75, 3.05) is 31.5 Å². The number of hydrogen-bond donors (Lipinski definition) is 2. The molecule has 0 radical (unpaired) electrons. The first-order valence-corrected chi connectivity index (χ1v) is 6.88. The van der Waals surface area contributed by atoms with Crippen molar-refractivity contribution in [1.82, 2.24) is 10.2 Å². The van der Waals surface area contributed by atoms with Crippen molar-refractivity contribution in [3.63, 3.8) is 0 Å². The van der Waals surface area contributed by atoms with Crippen molar-refractivity contribution in [3.05, 3.63) is 28.8 Å². The third kappa shape index (κ3) is 3.70. The van der Waals surface area contributed by atoms with Crippen LogP contribution in [-0.2, 0) is 4.79 Å². The molecule has 0 aromatic heterocycles. The Bertz CT molecular complexity index is 540.